The molecule has 3 saturated heterocycles. The molecule has 3 aliphatic rings. The molecule has 0 spiro atoms. The molecule has 6 nitrogen and oxygen atoms in total. The van der Waals surface area contributed by atoms with Gasteiger partial charge in [-0.1, -0.05) is 98.8 Å². The Balaban J connectivity index is 0.000000197. The summed E-state index contributed by atoms with van der Waals surface area (Å²) in [5.41, 5.74) is 0. The third kappa shape index (κ3) is 23.8. The van der Waals surface area contributed by atoms with E-state index in [-0.39, 0.29) is 0 Å². The van der Waals surface area contributed by atoms with Gasteiger partial charge < -0.3 is 28.4 Å². The summed E-state index contributed by atoms with van der Waals surface area (Å²) in [5, 5.41) is 0. The predicted molar refractivity (Wildman–Crippen MR) is 199 cm³/mol. The van der Waals surface area contributed by atoms with E-state index >= 15 is 0 Å². The lowest BCUT2D eigenvalue weighted by molar-refractivity contribution is 0.125. The molecule has 3 atom stereocenters. The van der Waals surface area contributed by atoms with Gasteiger partial charge in [0.05, 0.1) is 43.1 Å². The highest BCUT2D eigenvalue weighted by molar-refractivity contribution is 9.11. The van der Waals surface area contributed by atoms with Gasteiger partial charge in [0, 0.05) is 17.7 Å². The Kier molecular flexibility index (Phi) is 22.9. The Morgan fingerprint density at radius 2 is 1.13 bits per heavy atom. The molecule has 3 heterocycles. The van der Waals surface area contributed by atoms with Crippen molar-refractivity contribution >= 4 is 31.9 Å². The molecule has 0 N–H and O–H groups in total. The molecule has 47 heavy (non-hydrogen) atoms. The van der Waals surface area contributed by atoms with Crippen molar-refractivity contribution in [3.05, 3.63) is 57.5 Å². The van der Waals surface area contributed by atoms with Gasteiger partial charge >= 0.3 is 0 Å². The molecule has 3 unspecified atom stereocenters. The molecule has 2 aromatic rings. The summed E-state index contributed by atoms with van der Waals surface area (Å²) >= 11 is 6.80. The van der Waals surface area contributed by atoms with Gasteiger partial charge in [-0.05, 0) is 91.2 Å². The zero-order chi connectivity index (χ0) is 33.2. The summed E-state index contributed by atoms with van der Waals surface area (Å²) in [5.74, 6) is 1.83. The van der Waals surface area contributed by atoms with Crippen LogP contribution < -0.4 is 9.47 Å². The van der Waals surface area contributed by atoms with Crippen LogP contribution in [0.3, 0.4) is 0 Å². The van der Waals surface area contributed by atoms with Crippen LogP contribution in [-0.2, 0) is 18.9 Å². The first-order valence-electron chi connectivity index (χ1n) is 18.3. The van der Waals surface area contributed by atoms with Gasteiger partial charge in [0.1, 0.15) is 24.2 Å². The average molecular weight is 785 g/mol. The monoisotopic (exact) mass is 782 g/mol. The molecule has 0 saturated carbocycles. The fourth-order valence-electron chi connectivity index (χ4n) is 4.96. The van der Waals surface area contributed by atoms with E-state index in [0.717, 1.165) is 66.5 Å². The molecule has 0 aromatic heterocycles. The maximum atomic E-state index is 5.67. The van der Waals surface area contributed by atoms with Crippen molar-refractivity contribution in [2.24, 2.45) is 0 Å². The number of ether oxygens (including phenoxy) is 6. The van der Waals surface area contributed by atoms with Crippen molar-refractivity contribution in [3.8, 4) is 11.5 Å². The lowest BCUT2D eigenvalue weighted by Crippen LogP contribution is -2.04. The van der Waals surface area contributed by atoms with Crippen molar-refractivity contribution in [2.75, 3.05) is 46.2 Å². The van der Waals surface area contributed by atoms with Gasteiger partial charge in [-0.2, -0.15) is 0 Å². The predicted octanol–water partition coefficient (Wildman–Crippen LogP) is 11.1. The molecule has 2 aromatic carbocycles. The Labute approximate surface area is 302 Å². The van der Waals surface area contributed by atoms with Gasteiger partial charge in [0.2, 0.25) is 0 Å². The third-order valence-electron chi connectivity index (χ3n) is 8.17. The average Bonchev–Trinajstić information content (AvgIpc) is 3.91. The standard InChI is InChI=1S/C18H36O2.C12H16O2.C9H8Br2O2/c1-2-3-4-5-6-7-8-9-10-12-15-19-16-13-11-14-18-17-20-18;1-2-6-11(7-3-1)13-9-5-4-8-12-10-14-12;10-6-1-2-9(8(11)3-6)13-5-7-4-12-7/h18H,2-17H2,1H3;1-3,6-7,12H,4-5,8-10H2;1-3,7H,4-5H2. The van der Waals surface area contributed by atoms with Crippen molar-refractivity contribution in [3.63, 3.8) is 0 Å². The van der Waals surface area contributed by atoms with E-state index in [2.05, 4.69) is 38.8 Å². The largest absolute Gasteiger partial charge is 0.494 e. The van der Waals surface area contributed by atoms with E-state index in [1.54, 1.807) is 0 Å². The number of benzene rings is 2. The summed E-state index contributed by atoms with van der Waals surface area (Å²) in [6.45, 7) is 8.45. The smallest absolute Gasteiger partial charge is 0.133 e. The number of epoxide rings is 3. The Morgan fingerprint density at radius 1 is 0.596 bits per heavy atom. The van der Waals surface area contributed by atoms with E-state index < -0.39 is 0 Å². The summed E-state index contributed by atoms with van der Waals surface area (Å²) < 4.78 is 34.1. The molecular weight excluding hydrogens is 724 g/mol. The van der Waals surface area contributed by atoms with Crippen LogP contribution in [0.2, 0.25) is 0 Å². The van der Waals surface area contributed by atoms with Gasteiger partial charge in [-0.15, -0.1) is 0 Å². The summed E-state index contributed by atoms with van der Waals surface area (Å²) in [6.07, 6.45) is 22.7. The SMILES string of the molecule is Brc1ccc(OCC2CO2)c(Br)c1.CCCCCCCCCCCCOCCCCC1CO1.c1ccc(OCCCCC2CO2)cc1. The molecule has 0 radical (unpaired) electrons. The van der Waals surface area contributed by atoms with E-state index in [0.29, 0.717) is 24.9 Å². The lowest BCUT2D eigenvalue weighted by Gasteiger charge is -2.06. The molecule has 266 valence electrons. The molecule has 3 fully saturated rings. The summed E-state index contributed by atoms with van der Waals surface area (Å²) in [4.78, 5) is 0. The van der Waals surface area contributed by atoms with Crippen LogP contribution in [0.4, 0.5) is 0 Å². The lowest BCUT2D eigenvalue weighted by atomic mass is 10.1. The van der Waals surface area contributed by atoms with Crippen molar-refractivity contribution < 1.29 is 28.4 Å². The number of hydrogen-bond donors (Lipinski definition) is 0. The van der Waals surface area contributed by atoms with Crippen LogP contribution in [0, 0.1) is 0 Å². The number of rotatable bonds is 25. The molecule has 8 heteroatoms. The van der Waals surface area contributed by atoms with Crippen LogP contribution in [0.15, 0.2) is 57.5 Å². The maximum absolute atomic E-state index is 5.67. The van der Waals surface area contributed by atoms with Crippen LogP contribution >= 0.6 is 31.9 Å². The number of hydrogen-bond acceptors (Lipinski definition) is 6. The second kappa shape index (κ2) is 26.7. The molecule has 3 aliphatic heterocycles. The highest BCUT2D eigenvalue weighted by atomic mass is 79.9. The quantitative estimate of drug-likeness (QED) is 0.0738. The van der Waals surface area contributed by atoms with Crippen molar-refractivity contribution in [1.82, 2.24) is 0 Å². The Hall–Kier alpha value is -1.16. The first-order valence-corrected chi connectivity index (χ1v) is 19.9. The molecule has 0 aliphatic carbocycles. The Morgan fingerprint density at radius 3 is 1.68 bits per heavy atom. The van der Waals surface area contributed by atoms with Crippen molar-refractivity contribution in [1.29, 1.82) is 0 Å². The number of unbranched alkanes of at least 4 members (excludes halogenated alkanes) is 11. The van der Waals surface area contributed by atoms with E-state index in [1.807, 2.05) is 48.5 Å². The molecule has 0 bridgehead atoms. The molecular formula is C39H60Br2O6. The first-order chi connectivity index (χ1) is 23.1. The highest BCUT2D eigenvalue weighted by Crippen LogP contribution is 2.29. The van der Waals surface area contributed by atoms with Crippen LogP contribution in [0.5, 0.6) is 11.5 Å². The minimum Gasteiger partial charge on any atom is -0.494 e. The summed E-state index contributed by atoms with van der Waals surface area (Å²) in [7, 11) is 0. The first kappa shape index (κ1) is 40.3. The van der Waals surface area contributed by atoms with Crippen LogP contribution in [0.1, 0.15) is 110 Å². The van der Waals surface area contributed by atoms with Gasteiger partial charge in [0.25, 0.3) is 0 Å². The zero-order valence-corrected chi connectivity index (χ0v) is 32.0. The molecule has 0 amide bonds. The molecule has 5 rings (SSSR count). The fraction of sp³-hybridized carbons (Fsp3) is 0.692. The zero-order valence-electron chi connectivity index (χ0n) is 28.8. The van der Waals surface area contributed by atoms with Crippen molar-refractivity contribution in [2.45, 2.75) is 128 Å². The van der Waals surface area contributed by atoms with E-state index in [9.17, 15) is 0 Å². The van der Waals surface area contributed by atoms with Gasteiger partial charge in [-0.25, -0.2) is 0 Å². The third-order valence-corrected chi connectivity index (χ3v) is 9.28. The second-order valence-electron chi connectivity index (χ2n) is 12.7. The van der Waals surface area contributed by atoms with Gasteiger partial charge in [0.15, 0.2) is 0 Å². The number of para-hydroxylation sites is 1. The topological polar surface area (TPSA) is 65.3 Å². The minimum atomic E-state index is 0.301. The maximum Gasteiger partial charge on any atom is 0.133 e. The van der Waals surface area contributed by atoms with E-state index in [4.69, 9.17) is 28.4 Å². The summed E-state index contributed by atoms with van der Waals surface area (Å²) in [6, 6.07) is 15.8. The number of halogens is 2. The fourth-order valence-corrected chi connectivity index (χ4v) is 6.12. The Bertz CT molecular complexity index is 1010. The normalized spacial score (nSPS) is 18.7. The van der Waals surface area contributed by atoms with Crippen LogP contribution in [0.25, 0.3) is 0 Å². The van der Waals surface area contributed by atoms with Crippen LogP contribution in [-0.4, -0.2) is 64.6 Å². The second-order valence-corrected chi connectivity index (χ2v) is 14.5. The highest BCUT2D eigenvalue weighted by Gasteiger charge is 2.23. The van der Waals surface area contributed by atoms with E-state index in [1.165, 1.54) is 96.3 Å². The van der Waals surface area contributed by atoms with Gasteiger partial charge in [-0.3, -0.25) is 0 Å². The minimum absolute atomic E-state index is 0.301.